The Kier molecular flexibility index (Phi) is 4.69. The monoisotopic (exact) mass is 560 g/mol. The molecule has 0 aliphatic heterocycles. The van der Waals surface area contributed by atoms with E-state index in [2.05, 4.69) is 146 Å². The van der Waals surface area contributed by atoms with Crippen LogP contribution in [0, 0.1) is 0 Å². The van der Waals surface area contributed by atoms with Crippen LogP contribution in [0.1, 0.15) is 0 Å². The molecule has 0 atom stereocenters. The van der Waals surface area contributed by atoms with Crippen LogP contribution in [0.25, 0.3) is 96.3 Å². The van der Waals surface area contributed by atoms with Crippen molar-refractivity contribution >= 4 is 85.4 Å². The third kappa shape index (κ3) is 3.20. The van der Waals surface area contributed by atoms with Gasteiger partial charge < -0.3 is 0 Å². The van der Waals surface area contributed by atoms with Gasteiger partial charge in [0.15, 0.2) is 0 Å². The first-order valence-corrected chi connectivity index (χ1v) is 15.7. The molecule has 10 aromatic rings. The molecular weight excluding hydrogens is 537 g/mol. The van der Waals surface area contributed by atoms with Gasteiger partial charge in [-0.2, -0.15) is 0 Å². The van der Waals surface area contributed by atoms with Crippen molar-refractivity contribution in [3.63, 3.8) is 0 Å². The summed E-state index contributed by atoms with van der Waals surface area (Å²) in [7, 11) is 0. The molecule has 0 nitrogen and oxygen atoms in total. The lowest BCUT2D eigenvalue weighted by Crippen LogP contribution is -1.90. The number of hydrogen-bond acceptors (Lipinski definition) is 1. The van der Waals surface area contributed by atoms with Crippen LogP contribution in [0.2, 0.25) is 0 Å². The highest BCUT2D eigenvalue weighted by atomic mass is 32.1. The van der Waals surface area contributed by atoms with Gasteiger partial charge in [0.25, 0.3) is 0 Å². The molecule has 1 aromatic heterocycles. The van der Waals surface area contributed by atoms with Crippen LogP contribution in [0.5, 0.6) is 0 Å². The lowest BCUT2D eigenvalue weighted by Gasteiger charge is -2.18. The van der Waals surface area contributed by atoms with E-state index in [1.54, 1.807) is 0 Å². The molecular formula is C42H24S. The number of hydrogen-bond donors (Lipinski definition) is 0. The van der Waals surface area contributed by atoms with E-state index < -0.39 is 0 Å². The van der Waals surface area contributed by atoms with E-state index >= 15 is 0 Å². The molecule has 0 amide bonds. The molecule has 0 aliphatic rings. The maximum absolute atomic E-state index is 2.44. The SMILES string of the molecule is c1ccc(-c2cccc3c2sc2ccc(-c4cc5c6ccccc6c6cccc7c8ccccc8c(c4)c5c67)cc23)cc1. The minimum atomic E-state index is 1.26. The fourth-order valence-electron chi connectivity index (χ4n) is 7.50. The van der Waals surface area contributed by atoms with E-state index in [9.17, 15) is 0 Å². The largest absolute Gasteiger partial charge is 0.135 e. The first kappa shape index (κ1) is 23.3. The van der Waals surface area contributed by atoms with Gasteiger partial charge in [0.05, 0.1) is 0 Å². The Morgan fingerprint density at radius 3 is 1.49 bits per heavy atom. The summed E-state index contributed by atoms with van der Waals surface area (Å²) in [6.45, 7) is 0. The average molecular weight is 561 g/mol. The zero-order chi connectivity index (χ0) is 28.1. The summed E-state index contributed by atoms with van der Waals surface area (Å²) >= 11 is 1.90. The average Bonchev–Trinajstić information content (AvgIpc) is 3.46. The lowest BCUT2D eigenvalue weighted by atomic mass is 9.84. The highest BCUT2D eigenvalue weighted by molar-refractivity contribution is 7.26. The second-order valence-corrected chi connectivity index (χ2v) is 12.7. The predicted octanol–water partition coefficient (Wildman–Crippen LogP) is 12.6. The molecule has 0 radical (unpaired) electrons. The van der Waals surface area contributed by atoms with Gasteiger partial charge >= 0.3 is 0 Å². The summed E-state index contributed by atoms with van der Waals surface area (Å²) in [5.74, 6) is 0. The molecule has 1 heteroatoms. The normalized spacial score (nSPS) is 12.2. The van der Waals surface area contributed by atoms with E-state index in [0.717, 1.165) is 0 Å². The highest BCUT2D eigenvalue weighted by Crippen LogP contribution is 2.47. The third-order valence-electron chi connectivity index (χ3n) is 9.38. The molecule has 0 saturated heterocycles. The van der Waals surface area contributed by atoms with E-state index in [1.807, 2.05) is 11.3 Å². The van der Waals surface area contributed by atoms with Crippen LogP contribution in [0.4, 0.5) is 0 Å². The van der Waals surface area contributed by atoms with Gasteiger partial charge in [-0.05, 0) is 100 Å². The molecule has 1 heterocycles. The van der Waals surface area contributed by atoms with E-state index in [1.165, 1.54) is 96.3 Å². The van der Waals surface area contributed by atoms with Crippen LogP contribution in [0.15, 0.2) is 146 Å². The Balaban J connectivity index is 1.31. The molecule has 0 unspecified atom stereocenters. The van der Waals surface area contributed by atoms with Gasteiger partial charge in [-0.1, -0.05) is 121 Å². The summed E-state index contributed by atoms with van der Waals surface area (Å²) in [6, 6.07) is 54.1. The quantitative estimate of drug-likeness (QED) is 0.146. The van der Waals surface area contributed by atoms with E-state index in [-0.39, 0.29) is 0 Å². The topological polar surface area (TPSA) is 0 Å². The molecule has 0 aliphatic carbocycles. The smallest absolute Gasteiger partial charge is 0.0433 e. The first-order chi connectivity index (χ1) is 21.3. The van der Waals surface area contributed by atoms with Crippen LogP contribution in [-0.4, -0.2) is 0 Å². The van der Waals surface area contributed by atoms with Crippen molar-refractivity contribution < 1.29 is 0 Å². The van der Waals surface area contributed by atoms with Crippen molar-refractivity contribution in [3.8, 4) is 22.3 Å². The zero-order valence-corrected chi connectivity index (χ0v) is 24.1. The summed E-state index contributed by atoms with van der Waals surface area (Å²) in [6.07, 6.45) is 0. The summed E-state index contributed by atoms with van der Waals surface area (Å²) < 4.78 is 2.68. The Morgan fingerprint density at radius 1 is 0.302 bits per heavy atom. The summed E-state index contributed by atoms with van der Waals surface area (Å²) in [5, 5.41) is 16.0. The summed E-state index contributed by atoms with van der Waals surface area (Å²) in [5.41, 5.74) is 5.10. The Labute approximate surface area is 252 Å². The van der Waals surface area contributed by atoms with Crippen LogP contribution in [0.3, 0.4) is 0 Å². The minimum absolute atomic E-state index is 1.26. The molecule has 43 heavy (non-hydrogen) atoms. The molecule has 9 aromatic carbocycles. The lowest BCUT2D eigenvalue weighted by molar-refractivity contribution is 1.67. The number of benzene rings is 9. The molecule has 0 spiro atoms. The predicted molar refractivity (Wildman–Crippen MR) is 189 cm³/mol. The highest BCUT2D eigenvalue weighted by Gasteiger charge is 2.18. The third-order valence-corrected chi connectivity index (χ3v) is 10.6. The maximum atomic E-state index is 2.44. The Bertz CT molecular complexity index is 2610. The van der Waals surface area contributed by atoms with Crippen molar-refractivity contribution in [1.29, 1.82) is 0 Å². The second-order valence-electron chi connectivity index (χ2n) is 11.6. The fourth-order valence-corrected chi connectivity index (χ4v) is 8.72. The van der Waals surface area contributed by atoms with E-state index in [4.69, 9.17) is 0 Å². The van der Waals surface area contributed by atoms with Crippen LogP contribution in [-0.2, 0) is 0 Å². The van der Waals surface area contributed by atoms with Crippen LogP contribution < -0.4 is 0 Å². The van der Waals surface area contributed by atoms with Crippen molar-refractivity contribution in [2.75, 3.05) is 0 Å². The molecule has 0 fully saturated rings. The molecule has 198 valence electrons. The maximum Gasteiger partial charge on any atom is 0.0433 e. The van der Waals surface area contributed by atoms with Gasteiger partial charge in [-0.25, -0.2) is 0 Å². The van der Waals surface area contributed by atoms with Crippen molar-refractivity contribution in [2.24, 2.45) is 0 Å². The molecule has 0 bridgehead atoms. The van der Waals surface area contributed by atoms with Gasteiger partial charge in [0.2, 0.25) is 0 Å². The standard InChI is InChI=1S/C42H24S/c1-2-10-25(11-3-1)28-16-8-19-35-36-22-26(20-21-39(36)43-42(28)35)27-23-37-31-14-6-4-12-29(31)33-17-9-18-34-30-13-5-7-15-32(30)38(24-27)41(37)40(33)34/h1-24H. The van der Waals surface area contributed by atoms with Gasteiger partial charge in [0.1, 0.15) is 0 Å². The van der Waals surface area contributed by atoms with Crippen LogP contribution >= 0.6 is 11.3 Å². The zero-order valence-electron chi connectivity index (χ0n) is 23.3. The van der Waals surface area contributed by atoms with E-state index in [0.29, 0.717) is 0 Å². The molecule has 0 N–H and O–H groups in total. The molecule has 10 rings (SSSR count). The Hall–Kier alpha value is -5.24. The van der Waals surface area contributed by atoms with Gasteiger partial charge in [-0.15, -0.1) is 11.3 Å². The Morgan fingerprint density at radius 2 is 0.814 bits per heavy atom. The first-order valence-electron chi connectivity index (χ1n) is 14.9. The van der Waals surface area contributed by atoms with Crippen molar-refractivity contribution in [3.05, 3.63) is 146 Å². The summed E-state index contributed by atoms with van der Waals surface area (Å²) in [4.78, 5) is 0. The fraction of sp³-hybridized carbons (Fsp3) is 0. The van der Waals surface area contributed by atoms with Gasteiger partial charge in [0, 0.05) is 20.2 Å². The number of fused-ring (bicyclic) bond motifs is 9. The van der Waals surface area contributed by atoms with Crippen molar-refractivity contribution in [2.45, 2.75) is 0 Å². The molecule has 0 saturated carbocycles. The van der Waals surface area contributed by atoms with Crippen molar-refractivity contribution in [1.82, 2.24) is 0 Å². The second kappa shape index (κ2) is 8.64. The minimum Gasteiger partial charge on any atom is -0.135 e. The van der Waals surface area contributed by atoms with Gasteiger partial charge in [-0.3, -0.25) is 0 Å². The number of rotatable bonds is 2. The number of thiophene rings is 1.